The maximum atomic E-state index is 5.74. The molecule has 0 atom stereocenters. The number of benzene rings is 1. The van der Waals surface area contributed by atoms with Crippen molar-refractivity contribution in [2.24, 2.45) is 11.1 Å². The fourth-order valence-electron chi connectivity index (χ4n) is 1.90. The fraction of sp³-hybridized carbons (Fsp3) is 0.600. The van der Waals surface area contributed by atoms with E-state index in [9.17, 15) is 0 Å². The molecule has 2 heteroatoms. The van der Waals surface area contributed by atoms with Crippen LogP contribution < -0.4 is 11.1 Å². The number of nitrogens with two attached hydrogens (primary N) is 1. The third-order valence-electron chi connectivity index (χ3n) is 3.40. The van der Waals surface area contributed by atoms with Gasteiger partial charge in [0.25, 0.3) is 0 Å². The molecule has 0 aromatic heterocycles. The van der Waals surface area contributed by atoms with Crippen LogP contribution in [-0.4, -0.2) is 13.1 Å². The van der Waals surface area contributed by atoms with Crippen LogP contribution >= 0.6 is 0 Å². The van der Waals surface area contributed by atoms with E-state index in [2.05, 4.69) is 51.2 Å². The van der Waals surface area contributed by atoms with Crippen LogP contribution in [0.4, 0.5) is 5.69 Å². The van der Waals surface area contributed by atoms with Gasteiger partial charge in [-0.05, 0) is 42.9 Å². The topological polar surface area (TPSA) is 38.0 Å². The Kier molecular flexibility index (Phi) is 5.01. The molecule has 0 aliphatic carbocycles. The first-order chi connectivity index (χ1) is 8.00. The minimum absolute atomic E-state index is 0.224. The quantitative estimate of drug-likeness (QED) is 0.792. The number of hydrogen-bond acceptors (Lipinski definition) is 2. The van der Waals surface area contributed by atoms with Crippen molar-refractivity contribution in [1.29, 1.82) is 0 Å². The minimum Gasteiger partial charge on any atom is -0.385 e. The van der Waals surface area contributed by atoms with Crippen molar-refractivity contribution in [3.8, 4) is 0 Å². The lowest BCUT2D eigenvalue weighted by molar-refractivity contribution is 0.358. The molecule has 0 aliphatic heterocycles. The molecule has 0 unspecified atom stereocenters. The largest absolute Gasteiger partial charge is 0.385 e. The lowest BCUT2D eigenvalue weighted by Gasteiger charge is -2.23. The molecule has 17 heavy (non-hydrogen) atoms. The van der Waals surface area contributed by atoms with E-state index in [1.165, 1.54) is 16.8 Å². The van der Waals surface area contributed by atoms with E-state index in [1.54, 1.807) is 0 Å². The molecule has 0 bridgehead atoms. The number of anilines is 1. The molecule has 0 amide bonds. The molecular weight excluding hydrogens is 208 g/mol. The van der Waals surface area contributed by atoms with Gasteiger partial charge in [0.1, 0.15) is 0 Å². The molecule has 0 radical (unpaired) electrons. The zero-order valence-electron chi connectivity index (χ0n) is 11.6. The van der Waals surface area contributed by atoms with Crippen molar-refractivity contribution in [2.75, 3.05) is 18.4 Å². The Morgan fingerprint density at radius 3 is 2.59 bits per heavy atom. The lowest BCUT2D eigenvalue weighted by atomic mass is 9.89. The van der Waals surface area contributed by atoms with Crippen LogP contribution in [0, 0.1) is 12.3 Å². The van der Waals surface area contributed by atoms with Gasteiger partial charge in [-0.1, -0.05) is 39.0 Å². The highest BCUT2D eigenvalue weighted by Gasteiger charge is 2.15. The van der Waals surface area contributed by atoms with Gasteiger partial charge in [0.05, 0.1) is 0 Å². The Morgan fingerprint density at radius 1 is 1.29 bits per heavy atom. The molecule has 0 heterocycles. The maximum absolute atomic E-state index is 5.74. The molecule has 0 saturated carbocycles. The molecular formula is C15H26N2. The third-order valence-corrected chi connectivity index (χ3v) is 3.40. The zero-order valence-corrected chi connectivity index (χ0v) is 11.6. The predicted octanol–water partition coefficient (Wildman–Crippen LogP) is 3.34. The molecule has 96 valence electrons. The summed E-state index contributed by atoms with van der Waals surface area (Å²) >= 11 is 0. The van der Waals surface area contributed by atoms with E-state index < -0.39 is 0 Å². The number of nitrogens with one attached hydrogen (secondary N) is 1. The summed E-state index contributed by atoms with van der Waals surface area (Å²) < 4.78 is 0. The second-order valence-corrected chi connectivity index (χ2v) is 5.51. The molecule has 1 rings (SSSR count). The van der Waals surface area contributed by atoms with Gasteiger partial charge < -0.3 is 11.1 Å². The molecule has 0 aliphatic rings. The van der Waals surface area contributed by atoms with Crippen molar-refractivity contribution in [3.63, 3.8) is 0 Å². The zero-order chi connectivity index (χ0) is 12.9. The number of hydrogen-bond donors (Lipinski definition) is 2. The molecule has 0 fully saturated rings. The summed E-state index contributed by atoms with van der Waals surface area (Å²) in [6, 6.07) is 6.49. The first-order valence-electron chi connectivity index (χ1n) is 6.52. The molecule has 1 aromatic carbocycles. The standard InChI is InChI=1S/C15H26N2/c1-5-13-8-6-7-12(2)14(13)17-10-9-15(3,4)11-16/h6-8,17H,5,9-11,16H2,1-4H3. The van der Waals surface area contributed by atoms with Crippen LogP contribution in [0.1, 0.15) is 38.3 Å². The average Bonchev–Trinajstić information content (AvgIpc) is 2.31. The van der Waals surface area contributed by atoms with Gasteiger partial charge in [0.15, 0.2) is 0 Å². The number of aryl methyl sites for hydroxylation is 2. The highest BCUT2D eigenvalue weighted by atomic mass is 14.9. The molecule has 0 saturated heterocycles. The Labute approximate surface area is 106 Å². The summed E-state index contributed by atoms with van der Waals surface area (Å²) in [6.07, 6.45) is 2.17. The first kappa shape index (κ1) is 14.0. The van der Waals surface area contributed by atoms with Crippen LogP contribution in [0.3, 0.4) is 0 Å². The summed E-state index contributed by atoms with van der Waals surface area (Å²) in [7, 11) is 0. The van der Waals surface area contributed by atoms with Crippen LogP contribution in [0.2, 0.25) is 0 Å². The Balaban J connectivity index is 2.63. The lowest BCUT2D eigenvalue weighted by Crippen LogP contribution is -2.26. The first-order valence-corrected chi connectivity index (χ1v) is 6.52. The van der Waals surface area contributed by atoms with Crippen molar-refractivity contribution in [3.05, 3.63) is 29.3 Å². The summed E-state index contributed by atoms with van der Waals surface area (Å²) in [5.74, 6) is 0. The van der Waals surface area contributed by atoms with E-state index in [-0.39, 0.29) is 5.41 Å². The summed E-state index contributed by atoms with van der Waals surface area (Å²) in [6.45, 7) is 10.5. The van der Waals surface area contributed by atoms with Gasteiger partial charge in [0, 0.05) is 12.2 Å². The number of para-hydroxylation sites is 1. The van der Waals surface area contributed by atoms with E-state index in [0.717, 1.165) is 25.9 Å². The van der Waals surface area contributed by atoms with E-state index >= 15 is 0 Å². The Bertz CT molecular complexity index is 356. The average molecular weight is 234 g/mol. The van der Waals surface area contributed by atoms with Crippen molar-refractivity contribution >= 4 is 5.69 Å². The summed E-state index contributed by atoms with van der Waals surface area (Å²) in [5, 5.41) is 3.57. The second-order valence-electron chi connectivity index (χ2n) is 5.51. The van der Waals surface area contributed by atoms with Crippen molar-refractivity contribution in [1.82, 2.24) is 0 Å². The summed E-state index contributed by atoms with van der Waals surface area (Å²) in [4.78, 5) is 0. The van der Waals surface area contributed by atoms with Gasteiger partial charge >= 0.3 is 0 Å². The highest BCUT2D eigenvalue weighted by Crippen LogP contribution is 2.23. The van der Waals surface area contributed by atoms with Gasteiger partial charge in [-0.15, -0.1) is 0 Å². The fourth-order valence-corrected chi connectivity index (χ4v) is 1.90. The van der Waals surface area contributed by atoms with Crippen LogP contribution in [0.15, 0.2) is 18.2 Å². The van der Waals surface area contributed by atoms with Gasteiger partial charge in [0.2, 0.25) is 0 Å². The maximum Gasteiger partial charge on any atom is 0.0402 e. The van der Waals surface area contributed by atoms with Gasteiger partial charge in [-0.2, -0.15) is 0 Å². The molecule has 1 aromatic rings. The van der Waals surface area contributed by atoms with Crippen molar-refractivity contribution in [2.45, 2.75) is 40.5 Å². The normalized spacial score (nSPS) is 11.6. The number of rotatable bonds is 6. The highest BCUT2D eigenvalue weighted by molar-refractivity contribution is 5.57. The SMILES string of the molecule is CCc1cccc(C)c1NCCC(C)(C)CN. The third kappa shape index (κ3) is 4.04. The second kappa shape index (κ2) is 6.06. The molecule has 0 spiro atoms. The Hall–Kier alpha value is -1.02. The van der Waals surface area contributed by atoms with E-state index in [0.29, 0.717) is 0 Å². The van der Waals surface area contributed by atoms with E-state index in [1.807, 2.05) is 0 Å². The minimum atomic E-state index is 0.224. The summed E-state index contributed by atoms with van der Waals surface area (Å²) in [5.41, 5.74) is 10.0. The molecule has 3 N–H and O–H groups in total. The van der Waals surface area contributed by atoms with Gasteiger partial charge in [-0.25, -0.2) is 0 Å². The molecule has 2 nitrogen and oxygen atoms in total. The Morgan fingerprint density at radius 2 is 2.00 bits per heavy atom. The monoisotopic (exact) mass is 234 g/mol. The predicted molar refractivity (Wildman–Crippen MR) is 76.5 cm³/mol. The van der Waals surface area contributed by atoms with E-state index in [4.69, 9.17) is 5.73 Å². The van der Waals surface area contributed by atoms with Crippen molar-refractivity contribution < 1.29 is 0 Å². The van der Waals surface area contributed by atoms with Crippen LogP contribution in [-0.2, 0) is 6.42 Å². The van der Waals surface area contributed by atoms with Crippen LogP contribution in [0.5, 0.6) is 0 Å². The van der Waals surface area contributed by atoms with Gasteiger partial charge in [-0.3, -0.25) is 0 Å². The smallest absolute Gasteiger partial charge is 0.0402 e. The van der Waals surface area contributed by atoms with Crippen LogP contribution in [0.25, 0.3) is 0 Å².